The lowest BCUT2D eigenvalue weighted by atomic mass is 9.81. The molecule has 0 unspecified atom stereocenters. The minimum atomic E-state index is -0.123. The van der Waals surface area contributed by atoms with Crippen LogP contribution >= 0.6 is 0 Å². The van der Waals surface area contributed by atoms with E-state index in [1.165, 1.54) is 60.3 Å². The van der Waals surface area contributed by atoms with E-state index in [1.807, 2.05) is 6.07 Å². The third kappa shape index (κ3) is 5.22. The maximum absolute atomic E-state index is 5.34. The van der Waals surface area contributed by atoms with Gasteiger partial charge in [-0.05, 0) is 103 Å². The van der Waals surface area contributed by atoms with Gasteiger partial charge in [-0.25, -0.2) is 9.97 Å². The molecule has 0 atom stereocenters. The molecule has 60 heavy (non-hydrogen) atoms. The Balaban J connectivity index is 1.04. The van der Waals surface area contributed by atoms with E-state index in [4.69, 9.17) is 9.97 Å². The topological polar surface area (TPSA) is 30.7 Å². The first kappa shape index (κ1) is 34.4. The summed E-state index contributed by atoms with van der Waals surface area (Å²) in [6.07, 6.45) is 0. The number of aromatic nitrogens is 3. The molecule has 2 aromatic heterocycles. The van der Waals surface area contributed by atoms with Gasteiger partial charge in [0.1, 0.15) is 0 Å². The van der Waals surface area contributed by atoms with Crippen molar-refractivity contribution in [2.45, 2.75) is 19.3 Å². The summed E-state index contributed by atoms with van der Waals surface area (Å²) in [5, 5.41) is 7.30. The summed E-state index contributed by atoms with van der Waals surface area (Å²) < 4.78 is 2.36. The highest BCUT2D eigenvalue weighted by atomic mass is 15.0. The maximum Gasteiger partial charge on any atom is 0.160 e. The first-order valence-electron chi connectivity index (χ1n) is 20.7. The van der Waals surface area contributed by atoms with Crippen LogP contribution in [-0.4, -0.2) is 14.5 Å². The van der Waals surface area contributed by atoms with Gasteiger partial charge in [-0.15, -0.1) is 0 Å². The van der Waals surface area contributed by atoms with Gasteiger partial charge in [0.05, 0.1) is 22.4 Å². The molecule has 11 aromatic rings. The van der Waals surface area contributed by atoms with E-state index >= 15 is 0 Å². The summed E-state index contributed by atoms with van der Waals surface area (Å²) in [6.45, 7) is 4.74. The van der Waals surface area contributed by atoms with Crippen molar-refractivity contribution in [2.24, 2.45) is 0 Å². The quantitative estimate of drug-likeness (QED) is 0.175. The fraction of sp³-hybridized carbons (Fsp3) is 0.0526. The lowest BCUT2D eigenvalue weighted by Gasteiger charge is -2.22. The molecule has 0 N–H and O–H groups in total. The summed E-state index contributed by atoms with van der Waals surface area (Å²) >= 11 is 0. The third-order valence-corrected chi connectivity index (χ3v) is 12.8. The third-order valence-electron chi connectivity index (χ3n) is 12.8. The molecule has 3 heteroatoms. The van der Waals surface area contributed by atoms with Gasteiger partial charge in [-0.1, -0.05) is 166 Å². The van der Waals surface area contributed by atoms with Gasteiger partial charge < -0.3 is 4.57 Å². The van der Waals surface area contributed by atoms with E-state index in [0.717, 1.165) is 50.2 Å². The SMILES string of the molecule is CC1(C)c2cc(-c3ccc(-c4cc(-c5cccc6c5c5ccccc5n6-c5ccccc5)nc(-c5ccccc5)n4)c4ccccc34)ccc2-c2cc3ccccc3cc21. The number of rotatable bonds is 5. The minimum Gasteiger partial charge on any atom is -0.309 e. The van der Waals surface area contributed by atoms with E-state index in [2.05, 4.69) is 213 Å². The predicted molar refractivity (Wildman–Crippen MR) is 251 cm³/mol. The van der Waals surface area contributed by atoms with Crippen molar-refractivity contribution in [3.8, 4) is 61.8 Å². The normalized spacial score (nSPS) is 13.0. The molecule has 2 heterocycles. The Kier molecular flexibility index (Phi) is 7.58. The smallest absolute Gasteiger partial charge is 0.160 e. The molecule has 0 amide bonds. The second kappa shape index (κ2) is 13.2. The fourth-order valence-corrected chi connectivity index (χ4v) is 9.89. The Morgan fingerprint density at radius 2 is 0.967 bits per heavy atom. The van der Waals surface area contributed by atoms with Crippen LogP contribution in [0.2, 0.25) is 0 Å². The largest absolute Gasteiger partial charge is 0.309 e. The van der Waals surface area contributed by atoms with E-state index in [9.17, 15) is 0 Å². The van der Waals surface area contributed by atoms with E-state index < -0.39 is 0 Å². The van der Waals surface area contributed by atoms with Crippen LogP contribution in [0.15, 0.2) is 200 Å². The summed E-state index contributed by atoms with van der Waals surface area (Å²) in [4.78, 5) is 10.7. The molecule has 0 spiro atoms. The van der Waals surface area contributed by atoms with E-state index in [0.29, 0.717) is 5.82 Å². The standard InChI is InChI=1S/C57H39N3/c1-57(2)49-34-39(28-29-44(49)48-32-37-18-9-10-19-38(37)33-50(48)57)41-30-31-45(43-23-12-11-22-42(41)43)51-35-52(59-56(58-51)36-16-5-3-6-17-36)46-25-15-27-54-55(46)47-24-13-14-26-53(47)60(54)40-20-7-4-8-21-40/h3-35H,1-2H3. The molecule has 0 aliphatic heterocycles. The highest BCUT2D eigenvalue weighted by Crippen LogP contribution is 2.51. The van der Waals surface area contributed by atoms with Crippen LogP contribution in [0.3, 0.4) is 0 Å². The predicted octanol–water partition coefficient (Wildman–Crippen LogP) is 14.9. The number of para-hydroxylation sites is 2. The average molecular weight is 766 g/mol. The Morgan fingerprint density at radius 1 is 0.383 bits per heavy atom. The van der Waals surface area contributed by atoms with Crippen LogP contribution in [0.1, 0.15) is 25.0 Å². The van der Waals surface area contributed by atoms with Crippen molar-refractivity contribution < 1.29 is 0 Å². The molecular formula is C57H39N3. The molecule has 0 radical (unpaired) electrons. The molecular weight excluding hydrogens is 727 g/mol. The second-order valence-electron chi connectivity index (χ2n) is 16.6. The second-order valence-corrected chi connectivity index (χ2v) is 16.6. The van der Waals surface area contributed by atoms with Gasteiger partial charge in [0.2, 0.25) is 0 Å². The van der Waals surface area contributed by atoms with Crippen molar-refractivity contribution in [3.63, 3.8) is 0 Å². The van der Waals surface area contributed by atoms with Gasteiger partial charge in [0.15, 0.2) is 5.82 Å². The summed E-state index contributed by atoms with van der Waals surface area (Å²) in [5.74, 6) is 0.702. The van der Waals surface area contributed by atoms with Gasteiger partial charge in [-0.3, -0.25) is 0 Å². The van der Waals surface area contributed by atoms with Gasteiger partial charge >= 0.3 is 0 Å². The molecule has 0 saturated carbocycles. The molecule has 3 nitrogen and oxygen atoms in total. The lowest BCUT2D eigenvalue weighted by Crippen LogP contribution is -2.15. The summed E-state index contributed by atoms with van der Waals surface area (Å²) in [5.41, 5.74) is 16.1. The van der Waals surface area contributed by atoms with Crippen LogP contribution in [0.4, 0.5) is 0 Å². The number of fused-ring (bicyclic) bond motifs is 8. The molecule has 1 aliphatic carbocycles. The number of benzene rings is 9. The Hall–Kier alpha value is -7.62. The van der Waals surface area contributed by atoms with Crippen LogP contribution in [0, 0.1) is 0 Å². The molecule has 0 bridgehead atoms. The Bertz CT molecular complexity index is 3500. The monoisotopic (exact) mass is 765 g/mol. The van der Waals surface area contributed by atoms with Crippen LogP contribution in [0.5, 0.6) is 0 Å². The van der Waals surface area contributed by atoms with Crippen molar-refractivity contribution >= 4 is 43.4 Å². The molecule has 282 valence electrons. The first-order valence-corrected chi connectivity index (χ1v) is 20.7. The zero-order chi connectivity index (χ0) is 40.0. The number of hydrogen-bond acceptors (Lipinski definition) is 2. The molecule has 9 aromatic carbocycles. The molecule has 0 fully saturated rings. The fourth-order valence-electron chi connectivity index (χ4n) is 9.89. The van der Waals surface area contributed by atoms with Crippen LogP contribution in [0.25, 0.3) is 105 Å². The van der Waals surface area contributed by atoms with Crippen molar-refractivity contribution in [1.82, 2.24) is 14.5 Å². The molecule has 12 rings (SSSR count). The van der Waals surface area contributed by atoms with Crippen LogP contribution < -0.4 is 0 Å². The van der Waals surface area contributed by atoms with Crippen LogP contribution in [-0.2, 0) is 5.41 Å². The van der Waals surface area contributed by atoms with Crippen molar-refractivity contribution in [3.05, 3.63) is 211 Å². The summed E-state index contributed by atoms with van der Waals surface area (Å²) in [6, 6.07) is 72.4. The molecule has 0 saturated heterocycles. The number of nitrogens with zero attached hydrogens (tertiary/aromatic N) is 3. The maximum atomic E-state index is 5.34. The zero-order valence-electron chi connectivity index (χ0n) is 33.4. The summed E-state index contributed by atoms with van der Waals surface area (Å²) in [7, 11) is 0. The average Bonchev–Trinajstić information content (AvgIpc) is 3.76. The van der Waals surface area contributed by atoms with Gasteiger partial charge in [0.25, 0.3) is 0 Å². The van der Waals surface area contributed by atoms with Crippen molar-refractivity contribution in [2.75, 3.05) is 0 Å². The highest BCUT2D eigenvalue weighted by molar-refractivity contribution is 6.16. The number of hydrogen-bond donors (Lipinski definition) is 0. The van der Waals surface area contributed by atoms with Crippen molar-refractivity contribution in [1.29, 1.82) is 0 Å². The van der Waals surface area contributed by atoms with E-state index in [-0.39, 0.29) is 5.41 Å². The van der Waals surface area contributed by atoms with E-state index in [1.54, 1.807) is 0 Å². The molecule has 1 aliphatic rings. The Labute approximate surface area is 348 Å². The van der Waals surface area contributed by atoms with Gasteiger partial charge in [0, 0.05) is 38.6 Å². The van der Waals surface area contributed by atoms with Gasteiger partial charge in [-0.2, -0.15) is 0 Å². The first-order chi connectivity index (χ1) is 29.5. The minimum absolute atomic E-state index is 0.123. The lowest BCUT2D eigenvalue weighted by molar-refractivity contribution is 0.661. The zero-order valence-corrected chi connectivity index (χ0v) is 33.4. The Morgan fingerprint density at radius 3 is 1.75 bits per heavy atom. The highest BCUT2D eigenvalue weighted by Gasteiger charge is 2.36.